The molecule has 2 aromatic rings. The molecule has 0 saturated heterocycles. The highest BCUT2D eigenvalue weighted by molar-refractivity contribution is 5.97. The molecule has 3 nitrogen and oxygen atoms in total. The summed E-state index contributed by atoms with van der Waals surface area (Å²) in [6.07, 6.45) is 9.13. The van der Waals surface area contributed by atoms with Crippen LogP contribution in [0.3, 0.4) is 0 Å². The fourth-order valence-electron chi connectivity index (χ4n) is 6.88. The summed E-state index contributed by atoms with van der Waals surface area (Å²) in [7, 11) is 0. The monoisotopic (exact) mass is 474 g/mol. The van der Waals surface area contributed by atoms with Gasteiger partial charge in [-0.25, -0.2) is 0 Å². The van der Waals surface area contributed by atoms with Gasteiger partial charge in [-0.3, -0.25) is 9.59 Å². The zero-order chi connectivity index (χ0) is 25.1. The van der Waals surface area contributed by atoms with Gasteiger partial charge in [-0.1, -0.05) is 102 Å². The second-order valence-corrected chi connectivity index (χ2v) is 11.0. The minimum atomic E-state index is -0.760. The van der Waals surface area contributed by atoms with Gasteiger partial charge in [0.15, 0.2) is 0 Å². The number of hydrogen-bond donors (Lipinski definition) is 0. The van der Waals surface area contributed by atoms with Gasteiger partial charge in [0, 0.05) is 0 Å². The number of fused-ring (bicyclic) bond motifs is 2. The Morgan fingerprint density at radius 1 is 0.743 bits per heavy atom. The van der Waals surface area contributed by atoms with E-state index in [0.717, 1.165) is 75.3 Å². The van der Waals surface area contributed by atoms with E-state index in [1.807, 2.05) is 12.1 Å². The van der Waals surface area contributed by atoms with E-state index in [0.29, 0.717) is 0 Å². The number of benzene rings is 2. The number of carbonyl (C=O) groups excluding carboxylic acids is 2. The van der Waals surface area contributed by atoms with Crippen molar-refractivity contribution in [2.24, 2.45) is 11.8 Å². The lowest BCUT2D eigenvalue weighted by Gasteiger charge is -2.45. The van der Waals surface area contributed by atoms with Gasteiger partial charge in [0.1, 0.15) is 0 Å². The van der Waals surface area contributed by atoms with Crippen molar-refractivity contribution in [2.75, 3.05) is 0 Å². The number of esters is 2. The van der Waals surface area contributed by atoms with Crippen molar-refractivity contribution in [1.82, 2.24) is 0 Å². The van der Waals surface area contributed by atoms with Crippen LogP contribution in [0.5, 0.6) is 0 Å². The van der Waals surface area contributed by atoms with Crippen LogP contribution in [-0.4, -0.2) is 11.9 Å². The van der Waals surface area contributed by atoms with E-state index in [-0.39, 0.29) is 23.8 Å². The Morgan fingerprint density at radius 3 is 1.54 bits per heavy atom. The van der Waals surface area contributed by atoms with Crippen LogP contribution in [0.1, 0.15) is 101 Å². The molecule has 0 fully saturated rings. The standard InChI is InChI=1S/C32H42O3/c1-5-7-21-31(23(3)17-19-25-13-9-11-15-27(25)31)29(33)35-30(34)32(22-8-6-2)24(4)18-20-26-14-10-12-16-28(26)32/h9-16,23-24H,5-8,17-22H2,1-4H3. The second kappa shape index (κ2) is 10.7. The third-order valence-electron chi connectivity index (χ3n) is 9.14. The molecule has 0 saturated carbocycles. The number of ether oxygens (including phenoxy) is 1. The lowest BCUT2D eigenvalue weighted by molar-refractivity contribution is -0.172. The molecule has 0 aliphatic heterocycles. The molecule has 2 aliphatic rings. The van der Waals surface area contributed by atoms with Gasteiger partial charge in [0.2, 0.25) is 0 Å². The topological polar surface area (TPSA) is 43.4 Å². The van der Waals surface area contributed by atoms with E-state index in [9.17, 15) is 9.59 Å². The Hall–Kier alpha value is -2.42. The number of rotatable bonds is 8. The van der Waals surface area contributed by atoms with Gasteiger partial charge in [-0.2, -0.15) is 0 Å². The maximum atomic E-state index is 14.2. The molecule has 0 amide bonds. The predicted octanol–water partition coefficient (Wildman–Crippen LogP) is 7.48. The van der Waals surface area contributed by atoms with Crippen molar-refractivity contribution >= 4 is 11.9 Å². The van der Waals surface area contributed by atoms with E-state index in [2.05, 4.69) is 64.1 Å². The van der Waals surface area contributed by atoms with E-state index in [1.54, 1.807) is 0 Å². The molecule has 4 atom stereocenters. The first-order valence-corrected chi connectivity index (χ1v) is 13.8. The lowest BCUT2D eigenvalue weighted by atomic mass is 9.60. The molecule has 2 aromatic carbocycles. The molecule has 3 heteroatoms. The Labute approximate surface area is 211 Å². The van der Waals surface area contributed by atoms with Crippen molar-refractivity contribution in [2.45, 2.75) is 103 Å². The molecule has 0 bridgehead atoms. The van der Waals surface area contributed by atoms with Crippen LogP contribution in [0.25, 0.3) is 0 Å². The van der Waals surface area contributed by atoms with Crippen molar-refractivity contribution in [3.05, 3.63) is 70.8 Å². The predicted molar refractivity (Wildman–Crippen MR) is 141 cm³/mol. The summed E-state index contributed by atoms with van der Waals surface area (Å²) in [5.74, 6) is -0.401. The number of hydrogen-bond acceptors (Lipinski definition) is 3. The maximum Gasteiger partial charge on any atom is 0.324 e. The first-order chi connectivity index (χ1) is 16.9. The molecular weight excluding hydrogens is 432 g/mol. The van der Waals surface area contributed by atoms with Crippen LogP contribution in [-0.2, 0) is 38.0 Å². The van der Waals surface area contributed by atoms with Crippen molar-refractivity contribution in [3.8, 4) is 0 Å². The van der Waals surface area contributed by atoms with Crippen LogP contribution in [0.15, 0.2) is 48.5 Å². The smallest absolute Gasteiger partial charge is 0.324 e. The highest BCUT2D eigenvalue weighted by Crippen LogP contribution is 2.49. The average molecular weight is 475 g/mol. The van der Waals surface area contributed by atoms with E-state index < -0.39 is 10.8 Å². The first kappa shape index (κ1) is 25.7. The molecule has 0 spiro atoms. The lowest BCUT2D eigenvalue weighted by Crippen LogP contribution is -2.51. The quantitative estimate of drug-likeness (QED) is 0.294. The summed E-state index contributed by atoms with van der Waals surface area (Å²) in [4.78, 5) is 28.5. The zero-order valence-corrected chi connectivity index (χ0v) is 22.1. The highest BCUT2D eigenvalue weighted by Gasteiger charge is 2.54. The summed E-state index contributed by atoms with van der Waals surface area (Å²) in [5.41, 5.74) is 3.08. The number of aryl methyl sites for hydroxylation is 2. The molecule has 0 aromatic heterocycles. The zero-order valence-electron chi connectivity index (χ0n) is 22.1. The molecule has 4 unspecified atom stereocenters. The van der Waals surface area contributed by atoms with Gasteiger partial charge in [0.05, 0.1) is 10.8 Å². The molecular formula is C32H42O3. The van der Waals surface area contributed by atoms with Crippen molar-refractivity contribution in [3.63, 3.8) is 0 Å². The SMILES string of the molecule is CCCCC1(C(=O)OC(=O)C2(CCCC)c3ccccc3CCC2C)c2ccccc2CCC1C. The summed E-state index contributed by atoms with van der Waals surface area (Å²) < 4.78 is 6.11. The number of carbonyl (C=O) groups is 2. The Kier molecular flexibility index (Phi) is 7.83. The fourth-order valence-corrected chi connectivity index (χ4v) is 6.88. The second-order valence-electron chi connectivity index (χ2n) is 11.0. The Balaban J connectivity index is 1.76. The molecule has 4 rings (SSSR count). The van der Waals surface area contributed by atoms with Gasteiger partial charge < -0.3 is 4.74 Å². The molecule has 0 radical (unpaired) electrons. The van der Waals surface area contributed by atoms with Gasteiger partial charge in [0.25, 0.3) is 0 Å². The first-order valence-electron chi connectivity index (χ1n) is 13.8. The molecule has 0 N–H and O–H groups in total. The Morgan fingerprint density at radius 2 is 1.14 bits per heavy atom. The summed E-state index contributed by atoms with van der Waals surface area (Å²) in [5, 5.41) is 0. The number of unbranched alkanes of at least 4 members (excludes halogenated alkanes) is 2. The third-order valence-corrected chi connectivity index (χ3v) is 9.14. The van der Waals surface area contributed by atoms with Gasteiger partial charge in [-0.15, -0.1) is 0 Å². The summed E-state index contributed by atoms with van der Waals surface area (Å²) in [6, 6.07) is 16.6. The van der Waals surface area contributed by atoms with Crippen LogP contribution >= 0.6 is 0 Å². The van der Waals surface area contributed by atoms with Crippen molar-refractivity contribution < 1.29 is 14.3 Å². The fraction of sp³-hybridized carbons (Fsp3) is 0.562. The minimum Gasteiger partial charge on any atom is -0.392 e. The highest BCUT2D eigenvalue weighted by atomic mass is 16.6. The Bertz CT molecular complexity index is 973. The molecule has 188 valence electrons. The van der Waals surface area contributed by atoms with E-state index in [1.165, 1.54) is 11.1 Å². The van der Waals surface area contributed by atoms with Crippen LogP contribution < -0.4 is 0 Å². The molecule has 2 aliphatic carbocycles. The van der Waals surface area contributed by atoms with Gasteiger partial charge >= 0.3 is 11.9 Å². The van der Waals surface area contributed by atoms with Crippen LogP contribution in [0.2, 0.25) is 0 Å². The molecule has 35 heavy (non-hydrogen) atoms. The third kappa shape index (κ3) is 4.36. The largest absolute Gasteiger partial charge is 0.392 e. The minimum absolute atomic E-state index is 0.131. The normalized spacial score (nSPS) is 27.5. The average Bonchev–Trinajstić information content (AvgIpc) is 2.87. The van der Waals surface area contributed by atoms with E-state index >= 15 is 0 Å². The molecule has 0 heterocycles. The van der Waals surface area contributed by atoms with Gasteiger partial charge in [-0.05, 0) is 72.6 Å². The summed E-state index contributed by atoms with van der Waals surface area (Å²) in [6.45, 7) is 8.65. The summed E-state index contributed by atoms with van der Waals surface area (Å²) >= 11 is 0. The maximum absolute atomic E-state index is 14.2. The van der Waals surface area contributed by atoms with Crippen LogP contribution in [0.4, 0.5) is 0 Å². The van der Waals surface area contributed by atoms with Crippen molar-refractivity contribution in [1.29, 1.82) is 0 Å². The van der Waals surface area contributed by atoms with Crippen LogP contribution in [0, 0.1) is 11.8 Å². The van der Waals surface area contributed by atoms with E-state index in [4.69, 9.17) is 4.74 Å².